The average molecular weight is 911 g/mol. The van der Waals surface area contributed by atoms with Gasteiger partial charge in [-0.15, -0.1) is 20.4 Å². The lowest BCUT2D eigenvalue weighted by Gasteiger charge is -2.13. The number of carbonyl (C=O) groups excluding carboxylic acids is 2. The number of fused-ring (bicyclic) bond motifs is 2. The molecule has 0 spiro atoms. The number of nitrogens with zero attached hydrogens (tertiary/aromatic N) is 14. The Labute approximate surface area is 376 Å². The fourth-order valence-electron chi connectivity index (χ4n) is 6.41. The molecule has 0 saturated carbocycles. The Balaban J connectivity index is 1.07. The van der Waals surface area contributed by atoms with Crippen molar-refractivity contribution in [2.75, 3.05) is 10.6 Å². The highest BCUT2D eigenvalue weighted by molar-refractivity contribution is 7.16. The molecule has 0 aliphatic heterocycles. The van der Waals surface area contributed by atoms with Crippen molar-refractivity contribution in [3.8, 4) is 33.9 Å². The van der Waals surface area contributed by atoms with Crippen molar-refractivity contribution in [2.45, 2.75) is 12.1 Å². The number of anilines is 2. The van der Waals surface area contributed by atoms with E-state index in [1.807, 2.05) is 12.1 Å². The van der Waals surface area contributed by atoms with Crippen LogP contribution in [0.3, 0.4) is 0 Å². The molecule has 9 aromatic rings. The summed E-state index contributed by atoms with van der Waals surface area (Å²) in [6, 6.07) is 25.3. The van der Waals surface area contributed by atoms with E-state index in [0.717, 1.165) is 33.1 Å². The lowest BCUT2D eigenvalue weighted by molar-refractivity contribution is -0.118. The quantitative estimate of drug-likeness (QED) is 0.0655. The van der Waals surface area contributed by atoms with Crippen LogP contribution in [0.15, 0.2) is 140 Å². The van der Waals surface area contributed by atoms with E-state index >= 15 is 0 Å². The SMILES string of the molecule is N#Cc1cnn(-c2nnc(-n3ncc(C#N)c3N=NC(C(=O)Nc3ccccc3O)c3nc4ccccc4c(=O)[nH]3)s2)c1N=NC(C(=O)Nc1ccccc1O)c1nc2ccccc2c(=O)[nH]1. The molecule has 0 saturated heterocycles. The Morgan fingerprint density at radius 1 is 0.627 bits per heavy atom. The molecular formula is C42H26N18O6S. The maximum Gasteiger partial charge on any atom is 0.259 e. The molecular weight excluding hydrogens is 885 g/mol. The molecule has 2 unspecified atom stereocenters. The number of nitriles is 2. The lowest BCUT2D eigenvalue weighted by atomic mass is 10.2. The van der Waals surface area contributed by atoms with Crippen LogP contribution in [-0.4, -0.2) is 71.7 Å². The topological polar surface area (TPSA) is 349 Å². The summed E-state index contributed by atoms with van der Waals surface area (Å²) >= 11 is 0.825. The molecule has 4 aromatic carbocycles. The molecule has 2 amide bonds. The largest absolute Gasteiger partial charge is 0.506 e. The number of para-hydroxylation sites is 6. The van der Waals surface area contributed by atoms with Crippen LogP contribution in [0, 0.1) is 22.7 Å². The molecule has 0 radical (unpaired) electrons. The number of amides is 2. The van der Waals surface area contributed by atoms with Crippen LogP contribution < -0.4 is 21.8 Å². The molecule has 9 rings (SSSR count). The second-order valence-corrected chi connectivity index (χ2v) is 14.8. The van der Waals surface area contributed by atoms with E-state index in [0.29, 0.717) is 0 Å². The maximum atomic E-state index is 13.8. The third-order valence-electron chi connectivity index (χ3n) is 9.63. The maximum absolute atomic E-state index is 13.8. The molecule has 24 nitrogen and oxygen atoms in total. The summed E-state index contributed by atoms with van der Waals surface area (Å²) in [5.41, 5.74) is -0.794. The summed E-state index contributed by atoms with van der Waals surface area (Å²) < 4.78 is 2.18. The zero-order valence-electron chi connectivity index (χ0n) is 33.7. The van der Waals surface area contributed by atoms with Gasteiger partial charge >= 0.3 is 0 Å². The standard InChI is InChI=1S/C42H26N18O6S/c43-17-21-19-45-59(35(21)55-53-31(39(65)49-27-13-5-7-15-29(27)61)33-47-25-11-3-1-9-23(25)37(63)51-33)41-57-58-42(67-41)60-36(22(18-44)20-46-60)56-54-32(40(66)50-28-14-6-8-16-30(28)62)34-48-26-12-4-2-10-24(26)38(64)52-34/h1-16,19-20,31-32,61-62H,(H,49,65)(H,50,66)(H,47,51,63)(H,48,52,64). The molecule has 2 atom stereocenters. The predicted octanol–water partition coefficient (Wildman–Crippen LogP) is 5.46. The minimum Gasteiger partial charge on any atom is -0.506 e. The summed E-state index contributed by atoms with van der Waals surface area (Å²) in [6.45, 7) is 0. The zero-order valence-corrected chi connectivity index (χ0v) is 34.6. The number of aromatic nitrogens is 10. The minimum absolute atomic E-state index is 0.0207. The lowest BCUT2D eigenvalue weighted by Crippen LogP contribution is -2.24. The van der Waals surface area contributed by atoms with E-state index in [-0.39, 0.29) is 89.4 Å². The normalized spacial score (nSPS) is 12.3. The number of H-pyrrole nitrogens is 2. The number of hydrogen-bond acceptors (Lipinski definition) is 19. The fourth-order valence-corrected chi connectivity index (χ4v) is 7.18. The molecule has 5 heterocycles. The van der Waals surface area contributed by atoms with Crippen molar-refractivity contribution in [2.24, 2.45) is 20.5 Å². The number of hydrogen-bond donors (Lipinski definition) is 6. The minimum atomic E-state index is -1.65. The van der Waals surface area contributed by atoms with E-state index < -0.39 is 35.0 Å². The van der Waals surface area contributed by atoms with E-state index in [4.69, 9.17) is 0 Å². The zero-order chi connectivity index (χ0) is 46.6. The van der Waals surface area contributed by atoms with Gasteiger partial charge < -0.3 is 30.8 Å². The Kier molecular flexibility index (Phi) is 11.3. The molecule has 0 aliphatic rings. The van der Waals surface area contributed by atoms with Crippen LogP contribution in [0.5, 0.6) is 11.5 Å². The van der Waals surface area contributed by atoms with Crippen molar-refractivity contribution in [1.29, 1.82) is 10.5 Å². The van der Waals surface area contributed by atoms with Crippen LogP contribution in [0.4, 0.5) is 23.0 Å². The molecule has 5 aromatic heterocycles. The molecule has 326 valence electrons. The Hall–Kier alpha value is -10.1. The molecule has 6 N–H and O–H groups in total. The van der Waals surface area contributed by atoms with Crippen molar-refractivity contribution >= 4 is 68.0 Å². The van der Waals surface area contributed by atoms with Gasteiger partial charge in [0.25, 0.3) is 22.9 Å². The molecule has 67 heavy (non-hydrogen) atoms. The van der Waals surface area contributed by atoms with Crippen LogP contribution in [0.25, 0.3) is 32.1 Å². The van der Waals surface area contributed by atoms with Crippen LogP contribution in [0.2, 0.25) is 0 Å². The number of aromatic hydroxyl groups is 2. The number of rotatable bonds is 12. The third kappa shape index (κ3) is 8.40. The number of azo groups is 2. The summed E-state index contributed by atoms with van der Waals surface area (Å²) in [5.74, 6) is -3.08. The first-order valence-corrected chi connectivity index (χ1v) is 20.2. The first-order chi connectivity index (χ1) is 32.6. The molecule has 25 heteroatoms. The molecule has 0 bridgehead atoms. The summed E-state index contributed by atoms with van der Waals surface area (Å²) in [6.07, 6.45) is 2.32. The van der Waals surface area contributed by atoms with Gasteiger partial charge in [0, 0.05) is 0 Å². The fraction of sp³-hybridized carbons (Fsp3) is 0.0476. The van der Waals surface area contributed by atoms with Gasteiger partial charge in [-0.2, -0.15) is 40.3 Å². The van der Waals surface area contributed by atoms with Crippen molar-refractivity contribution in [3.63, 3.8) is 0 Å². The Bertz CT molecular complexity index is 3450. The number of nitrogens with one attached hydrogen (secondary N) is 4. The highest BCUT2D eigenvalue weighted by Gasteiger charge is 2.28. The first-order valence-electron chi connectivity index (χ1n) is 19.4. The summed E-state index contributed by atoms with van der Waals surface area (Å²) in [5, 5.41) is 80.2. The van der Waals surface area contributed by atoms with Crippen LogP contribution in [0.1, 0.15) is 34.9 Å². The first kappa shape index (κ1) is 42.2. The number of carbonyl (C=O) groups is 2. The number of phenols is 2. The van der Waals surface area contributed by atoms with Gasteiger partial charge in [-0.1, -0.05) is 59.9 Å². The highest BCUT2D eigenvalue weighted by atomic mass is 32.1. The van der Waals surface area contributed by atoms with E-state index in [2.05, 4.69) is 71.4 Å². The smallest absolute Gasteiger partial charge is 0.259 e. The van der Waals surface area contributed by atoms with Crippen LogP contribution in [-0.2, 0) is 9.59 Å². The van der Waals surface area contributed by atoms with Gasteiger partial charge in [0.15, 0.2) is 11.6 Å². The summed E-state index contributed by atoms with van der Waals surface area (Å²) in [7, 11) is 0. The Morgan fingerprint density at radius 3 is 1.45 bits per heavy atom. The van der Waals surface area contributed by atoms with Crippen LogP contribution >= 0.6 is 11.3 Å². The van der Waals surface area contributed by atoms with Gasteiger partial charge in [0.05, 0.1) is 45.6 Å². The highest BCUT2D eigenvalue weighted by Crippen LogP contribution is 2.33. The van der Waals surface area contributed by atoms with E-state index in [1.54, 1.807) is 72.8 Å². The second-order valence-electron chi connectivity index (χ2n) is 13.9. The predicted molar refractivity (Wildman–Crippen MR) is 236 cm³/mol. The molecule has 0 aliphatic carbocycles. The van der Waals surface area contributed by atoms with Crippen molar-refractivity contribution < 1.29 is 19.8 Å². The van der Waals surface area contributed by atoms with Gasteiger partial charge in [0.2, 0.25) is 22.3 Å². The van der Waals surface area contributed by atoms with Crippen molar-refractivity contribution in [3.05, 3.63) is 153 Å². The summed E-state index contributed by atoms with van der Waals surface area (Å²) in [4.78, 5) is 67.9. The third-order valence-corrected chi connectivity index (χ3v) is 10.5. The van der Waals surface area contributed by atoms with E-state index in [9.17, 15) is 39.9 Å². The van der Waals surface area contributed by atoms with Gasteiger partial charge in [-0.25, -0.2) is 9.97 Å². The molecule has 0 fully saturated rings. The number of benzene rings is 4. The van der Waals surface area contributed by atoms with Gasteiger partial charge in [-0.3, -0.25) is 19.2 Å². The second kappa shape index (κ2) is 17.9. The monoisotopic (exact) mass is 910 g/mol. The van der Waals surface area contributed by atoms with Crippen molar-refractivity contribution in [1.82, 2.24) is 49.7 Å². The van der Waals surface area contributed by atoms with E-state index in [1.165, 1.54) is 24.3 Å². The van der Waals surface area contributed by atoms with Gasteiger partial charge in [-0.05, 0) is 48.5 Å². The number of aromatic amines is 2. The van der Waals surface area contributed by atoms with Gasteiger partial charge in [0.1, 0.15) is 46.4 Å². The Morgan fingerprint density at radius 2 is 1.03 bits per heavy atom. The number of phenolic OH excluding ortho intramolecular Hbond substituents is 2. The average Bonchev–Trinajstić information content (AvgIpc) is 4.09.